The monoisotopic (exact) mass is 379 g/mol. The van der Waals surface area contributed by atoms with Gasteiger partial charge in [-0.15, -0.1) is 0 Å². The zero-order chi connectivity index (χ0) is 18.2. The Morgan fingerprint density at radius 1 is 0.960 bits per heavy atom. The van der Waals surface area contributed by atoms with Gasteiger partial charge >= 0.3 is 0 Å². The first-order valence-electron chi connectivity index (χ1n) is 8.09. The van der Waals surface area contributed by atoms with Crippen LogP contribution in [-0.2, 0) is 19.9 Å². The van der Waals surface area contributed by atoms with Gasteiger partial charge in [-0.1, -0.05) is 30.3 Å². The zero-order valence-electron chi connectivity index (χ0n) is 14.2. The van der Waals surface area contributed by atoms with Crippen LogP contribution in [0.5, 0.6) is 0 Å². The maximum absolute atomic E-state index is 12.9. The van der Waals surface area contributed by atoms with Gasteiger partial charge in [0, 0.05) is 13.1 Å². The highest BCUT2D eigenvalue weighted by Crippen LogP contribution is 2.29. The van der Waals surface area contributed by atoms with E-state index in [4.69, 9.17) is 0 Å². The lowest BCUT2D eigenvalue weighted by molar-refractivity contribution is 0.476. The van der Waals surface area contributed by atoms with E-state index >= 15 is 0 Å². The third-order valence-corrected chi connectivity index (χ3v) is 8.78. The summed E-state index contributed by atoms with van der Waals surface area (Å²) in [6, 6.07) is 13.5. The molecule has 0 spiro atoms. The lowest BCUT2D eigenvalue weighted by Gasteiger charge is -2.18. The van der Waals surface area contributed by atoms with Crippen molar-refractivity contribution in [1.29, 1.82) is 0 Å². The van der Waals surface area contributed by atoms with Crippen molar-refractivity contribution >= 4 is 19.9 Å². The van der Waals surface area contributed by atoms with Crippen LogP contribution < -0.4 is 0 Å². The molecule has 0 aromatic heterocycles. The summed E-state index contributed by atoms with van der Waals surface area (Å²) in [5, 5.41) is -0.713. The van der Waals surface area contributed by atoms with Gasteiger partial charge in [-0.05, 0) is 49.6 Å². The molecule has 0 amide bonds. The molecule has 0 N–H and O–H groups in total. The molecule has 1 fully saturated rings. The molecule has 1 heterocycles. The topological polar surface area (TPSA) is 71.5 Å². The van der Waals surface area contributed by atoms with Crippen molar-refractivity contribution in [1.82, 2.24) is 4.31 Å². The van der Waals surface area contributed by atoms with Crippen LogP contribution in [0.3, 0.4) is 0 Å². The maximum Gasteiger partial charge on any atom is 0.243 e. The normalized spacial score (nSPS) is 19.2. The number of sulfone groups is 1. The van der Waals surface area contributed by atoms with Crippen LogP contribution in [0, 0.1) is 13.8 Å². The van der Waals surface area contributed by atoms with E-state index in [2.05, 4.69) is 0 Å². The second kappa shape index (κ2) is 6.55. The number of sulfonamides is 1. The van der Waals surface area contributed by atoms with E-state index in [0.717, 1.165) is 5.56 Å². The first-order chi connectivity index (χ1) is 11.7. The zero-order valence-corrected chi connectivity index (χ0v) is 15.8. The highest BCUT2D eigenvalue weighted by Gasteiger charge is 2.39. The van der Waals surface area contributed by atoms with Gasteiger partial charge in [-0.25, -0.2) is 16.8 Å². The molecule has 0 saturated carbocycles. The average Bonchev–Trinajstić information content (AvgIpc) is 3.09. The highest BCUT2D eigenvalue weighted by atomic mass is 32.2. The highest BCUT2D eigenvalue weighted by molar-refractivity contribution is 7.92. The number of benzene rings is 2. The summed E-state index contributed by atoms with van der Waals surface area (Å²) in [6.45, 7) is 3.80. The Balaban J connectivity index is 1.89. The molecule has 1 saturated heterocycles. The van der Waals surface area contributed by atoms with Crippen molar-refractivity contribution in [3.8, 4) is 0 Å². The predicted molar refractivity (Wildman–Crippen MR) is 96.7 cm³/mol. The smallest absolute Gasteiger partial charge is 0.223 e. The Kier molecular flexibility index (Phi) is 4.74. The van der Waals surface area contributed by atoms with Gasteiger partial charge in [0.25, 0.3) is 0 Å². The van der Waals surface area contributed by atoms with Gasteiger partial charge in [0.05, 0.1) is 15.0 Å². The summed E-state index contributed by atoms with van der Waals surface area (Å²) in [5.74, 6) is 0. The van der Waals surface area contributed by atoms with Gasteiger partial charge in [-0.2, -0.15) is 4.31 Å². The van der Waals surface area contributed by atoms with Crippen LogP contribution in [0.4, 0.5) is 0 Å². The number of hydrogen-bond acceptors (Lipinski definition) is 4. The number of rotatable bonds is 4. The van der Waals surface area contributed by atoms with Gasteiger partial charge in [0.1, 0.15) is 0 Å². The van der Waals surface area contributed by atoms with E-state index in [1.807, 2.05) is 13.0 Å². The molecule has 2 aromatic carbocycles. The minimum Gasteiger partial charge on any atom is -0.223 e. The fourth-order valence-corrected chi connectivity index (χ4v) is 6.71. The minimum atomic E-state index is -3.70. The van der Waals surface area contributed by atoms with Crippen LogP contribution in [0.25, 0.3) is 0 Å². The van der Waals surface area contributed by atoms with Crippen LogP contribution in [-0.4, -0.2) is 39.5 Å². The molecule has 0 aliphatic carbocycles. The van der Waals surface area contributed by atoms with Crippen LogP contribution in [0.1, 0.15) is 17.5 Å². The molecule has 1 atom stereocenters. The largest absolute Gasteiger partial charge is 0.243 e. The fraction of sp³-hybridized carbons (Fsp3) is 0.333. The number of hydrogen-bond donors (Lipinski definition) is 0. The maximum atomic E-state index is 12.9. The SMILES string of the molecule is Cc1ccc(C)c(S(=O)(=O)N2CCC(S(=O)(=O)c3ccccc3)C2)c1. The number of aryl methyl sites for hydroxylation is 2. The summed E-state index contributed by atoms with van der Waals surface area (Å²) in [4.78, 5) is 0.497. The van der Waals surface area contributed by atoms with Crippen molar-refractivity contribution < 1.29 is 16.8 Å². The van der Waals surface area contributed by atoms with E-state index < -0.39 is 25.1 Å². The molecule has 5 nitrogen and oxygen atoms in total. The molecule has 1 aliphatic rings. The van der Waals surface area contributed by atoms with Crippen molar-refractivity contribution in [2.75, 3.05) is 13.1 Å². The number of nitrogens with zero attached hydrogens (tertiary/aromatic N) is 1. The van der Waals surface area contributed by atoms with Crippen molar-refractivity contribution in [3.05, 3.63) is 59.7 Å². The first-order valence-corrected chi connectivity index (χ1v) is 11.1. The second-order valence-electron chi connectivity index (χ2n) is 6.40. The second-order valence-corrected chi connectivity index (χ2v) is 10.5. The molecule has 0 radical (unpaired) electrons. The van der Waals surface area contributed by atoms with Crippen LogP contribution in [0.15, 0.2) is 58.3 Å². The third-order valence-electron chi connectivity index (χ3n) is 4.58. The molecule has 7 heteroatoms. The molecular formula is C18H21NO4S2. The molecule has 25 heavy (non-hydrogen) atoms. The first kappa shape index (κ1) is 18.1. The van der Waals surface area contributed by atoms with E-state index in [-0.39, 0.29) is 22.9 Å². The molecule has 1 unspecified atom stereocenters. The molecular weight excluding hydrogens is 358 g/mol. The Bertz CT molecular complexity index is 983. The summed E-state index contributed by atoms with van der Waals surface area (Å²) < 4.78 is 52.7. The van der Waals surface area contributed by atoms with Crippen molar-refractivity contribution in [3.63, 3.8) is 0 Å². The van der Waals surface area contributed by atoms with E-state index in [1.165, 1.54) is 4.31 Å². The summed E-state index contributed by atoms with van der Waals surface area (Å²) in [7, 11) is -7.24. The van der Waals surface area contributed by atoms with E-state index in [9.17, 15) is 16.8 Å². The summed E-state index contributed by atoms with van der Waals surface area (Å²) in [5.41, 5.74) is 1.52. The Morgan fingerprint density at radius 2 is 1.64 bits per heavy atom. The Morgan fingerprint density at radius 3 is 2.32 bits per heavy atom. The van der Waals surface area contributed by atoms with Gasteiger partial charge < -0.3 is 0 Å². The van der Waals surface area contributed by atoms with Gasteiger partial charge in [0.2, 0.25) is 10.0 Å². The molecule has 3 rings (SSSR count). The van der Waals surface area contributed by atoms with E-state index in [1.54, 1.807) is 49.4 Å². The lowest BCUT2D eigenvalue weighted by Crippen LogP contribution is -2.32. The van der Waals surface area contributed by atoms with Gasteiger partial charge in [0.15, 0.2) is 9.84 Å². The van der Waals surface area contributed by atoms with Crippen molar-refractivity contribution in [2.24, 2.45) is 0 Å². The fourth-order valence-electron chi connectivity index (χ4n) is 3.10. The molecule has 2 aromatic rings. The molecule has 134 valence electrons. The quantitative estimate of drug-likeness (QED) is 0.818. The predicted octanol–water partition coefficient (Wildman–Crippen LogP) is 2.54. The Hall–Kier alpha value is -1.70. The molecule has 0 bridgehead atoms. The molecule has 1 aliphatic heterocycles. The summed E-state index contributed by atoms with van der Waals surface area (Å²) in [6.07, 6.45) is 0.307. The summed E-state index contributed by atoms with van der Waals surface area (Å²) >= 11 is 0. The van der Waals surface area contributed by atoms with Crippen LogP contribution >= 0.6 is 0 Å². The third kappa shape index (κ3) is 3.36. The van der Waals surface area contributed by atoms with Gasteiger partial charge in [-0.3, -0.25) is 0 Å². The minimum absolute atomic E-state index is 0.00700. The Labute approximate surface area is 149 Å². The lowest BCUT2D eigenvalue weighted by atomic mass is 10.2. The van der Waals surface area contributed by atoms with Crippen LogP contribution in [0.2, 0.25) is 0 Å². The average molecular weight is 380 g/mol. The standard InChI is InChI=1S/C18H21NO4S2/c1-14-8-9-15(2)18(12-14)25(22,23)19-11-10-17(13-19)24(20,21)16-6-4-3-5-7-16/h3-9,12,17H,10-11,13H2,1-2H3. The van der Waals surface area contributed by atoms with Crippen molar-refractivity contribution in [2.45, 2.75) is 35.3 Å². The van der Waals surface area contributed by atoms with E-state index in [0.29, 0.717) is 12.0 Å².